The van der Waals surface area contributed by atoms with E-state index in [1.807, 2.05) is 35.0 Å². The first-order chi connectivity index (χ1) is 10.3. The molecule has 5 nitrogen and oxygen atoms in total. The zero-order valence-corrected chi connectivity index (χ0v) is 12.1. The number of fused-ring (bicyclic) bond motifs is 1. The average Bonchev–Trinajstić information content (AvgIpc) is 2.70. The molecular formula is C16H19N3O2. The number of aromatic nitrogens is 2. The van der Waals surface area contributed by atoms with E-state index >= 15 is 0 Å². The van der Waals surface area contributed by atoms with Crippen LogP contribution in [0.5, 0.6) is 0 Å². The van der Waals surface area contributed by atoms with Crippen LogP contribution >= 0.6 is 0 Å². The van der Waals surface area contributed by atoms with Crippen molar-refractivity contribution in [3.8, 4) is 5.69 Å². The standard InChI is InChI=1S/C16H19N3O2/c1-21-18-16(20)15-13-10-6-3-7-11-14(13)19(17-15)12-8-4-2-5-9-12/h2,4-5,8-9H,3,6-7,10-11H2,1H3,(H,18,20). The zero-order chi connectivity index (χ0) is 14.7. The fourth-order valence-electron chi connectivity index (χ4n) is 2.88. The monoisotopic (exact) mass is 285 g/mol. The van der Waals surface area contributed by atoms with E-state index in [-0.39, 0.29) is 5.91 Å². The maximum atomic E-state index is 12.2. The summed E-state index contributed by atoms with van der Waals surface area (Å²) in [6.07, 6.45) is 5.28. The number of carbonyl (C=O) groups excluding carboxylic acids is 1. The Morgan fingerprint density at radius 1 is 1.19 bits per heavy atom. The fraction of sp³-hybridized carbons (Fsp3) is 0.375. The van der Waals surface area contributed by atoms with E-state index in [1.165, 1.54) is 13.5 Å². The molecule has 0 unspecified atom stereocenters. The molecule has 3 rings (SSSR count). The van der Waals surface area contributed by atoms with Gasteiger partial charge in [-0.2, -0.15) is 5.10 Å². The average molecular weight is 285 g/mol. The first-order valence-electron chi connectivity index (χ1n) is 7.31. The van der Waals surface area contributed by atoms with Crippen molar-refractivity contribution in [2.45, 2.75) is 32.1 Å². The van der Waals surface area contributed by atoms with Crippen LogP contribution in [-0.4, -0.2) is 22.8 Å². The van der Waals surface area contributed by atoms with E-state index in [0.717, 1.165) is 42.6 Å². The molecule has 21 heavy (non-hydrogen) atoms. The zero-order valence-electron chi connectivity index (χ0n) is 12.1. The Labute approximate surface area is 123 Å². The van der Waals surface area contributed by atoms with Gasteiger partial charge in [0.2, 0.25) is 0 Å². The van der Waals surface area contributed by atoms with Crippen LogP contribution in [-0.2, 0) is 17.7 Å². The second-order valence-corrected chi connectivity index (χ2v) is 5.22. The van der Waals surface area contributed by atoms with E-state index in [4.69, 9.17) is 4.84 Å². The third-order valence-corrected chi connectivity index (χ3v) is 3.84. The lowest BCUT2D eigenvalue weighted by atomic mass is 10.1. The van der Waals surface area contributed by atoms with E-state index in [1.54, 1.807) is 0 Å². The van der Waals surface area contributed by atoms with Crippen LogP contribution in [0.15, 0.2) is 30.3 Å². The number of hydrogen-bond donors (Lipinski definition) is 1. The van der Waals surface area contributed by atoms with Gasteiger partial charge >= 0.3 is 0 Å². The molecule has 1 aliphatic carbocycles. The van der Waals surface area contributed by atoms with Crippen LogP contribution < -0.4 is 5.48 Å². The molecule has 0 saturated carbocycles. The Hall–Kier alpha value is -2.14. The highest BCUT2D eigenvalue weighted by molar-refractivity contribution is 5.93. The number of para-hydroxylation sites is 1. The highest BCUT2D eigenvalue weighted by Gasteiger charge is 2.24. The largest absolute Gasteiger partial charge is 0.295 e. The van der Waals surface area contributed by atoms with Gasteiger partial charge in [0.05, 0.1) is 12.8 Å². The van der Waals surface area contributed by atoms with E-state index in [2.05, 4.69) is 10.6 Å². The number of benzene rings is 1. The van der Waals surface area contributed by atoms with Crippen LogP contribution in [0.3, 0.4) is 0 Å². The lowest BCUT2D eigenvalue weighted by molar-refractivity contribution is 0.0531. The van der Waals surface area contributed by atoms with Gasteiger partial charge in [-0.25, -0.2) is 10.2 Å². The summed E-state index contributed by atoms with van der Waals surface area (Å²) in [5.74, 6) is -0.273. The maximum Gasteiger partial charge on any atom is 0.295 e. The number of rotatable bonds is 3. The van der Waals surface area contributed by atoms with Gasteiger partial charge in [0, 0.05) is 11.3 Å². The van der Waals surface area contributed by atoms with Crippen molar-refractivity contribution in [1.82, 2.24) is 15.3 Å². The van der Waals surface area contributed by atoms with Gasteiger partial charge in [0.25, 0.3) is 5.91 Å². The van der Waals surface area contributed by atoms with Crippen molar-refractivity contribution in [3.05, 3.63) is 47.3 Å². The molecule has 2 aromatic rings. The third-order valence-electron chi connectivity index (χ3n) is 3.84. The van der Waals surface area contributed by atoms with Gasteiger partial charge < -0.3 is 0 Å². The summed E-state index contributed by atoms with van der Waals surface area (Å²) < 4.78 is 1.91. The predicted octanol–water partition coefficient (Wildman–Crippen LogP) is 2.43. The molecule has 0 fully saturated rings. The molecule has 0 radical (unpaired) electrons. The predicted molar refractivity (Wildman–Crippen MR) is 79.3 cm³/mol. The SMILES string of the molecule is CONC(=O)c1nn(-c2ccccc2)c2c1CCCCC2. The minimum Gasteiger partial charge on any atom is -0.277 e. The summed E-state index contributed by atoms with van der Waals surface area (Å²) in [5.41, 5.74) is 6.07. The highest BCUT2D eigenvalue weighted by Crippen LogP contribution is 2.26. The molecule has 5 heteroatoms. The summed E-state index contributed by atoms with van der Waals surface area (Å²) >= 11 is 0. The second kappa shape index (κ2) is 6.10. The van der Waals surface area contributed by atoms with Gasteiger partial charge in [-0.05, 0) is 37.8 Å². The number of hydrogen-bond acceptors (Lipinski definition) is 3. The van der Waals surface area contributed by atoms with Gasteiger partial charge in [-0.1, -0.05) is 24.6 Å². The van der Waals surface area contributed by atoms with Crippen molar-refractivity contribution >= 4 is 5.91 Å². The molecule has 1 aromatic carbocycles. The van der Waals surface area contributed by atoms with Crippen LogP contribution in [0.4, 0.5) is 0 Å². The van der Waals surface area contributed by atoms with Crippen molar-refractivity contribution in [2.75, 3.05) is 7.11 Å². The molecule has 0 saturated heterocycles. The summed E-state index contributed by atoms with van der Waals surface area (Å²) in [4.78, 5) is 16.9. The number of carbonyl (C=O) groups is 1. The Morgan fingerprint density at radius 3 is 2.71 bits per heavy atom. The molecule has 1 aromatic heterocycles. The first kappa shape index (κ1) is 13.8. The topological polar surface area (TPSA) is 56.1 Å². The van der Waals surface area contributed by atoms with E-state index in [0.29, 0.717) is 5.69 Å². The third kappa shape index (κ3) is 2.69. The Morgan fingerprint density at radius 2 is 1.95 bits per heavy atom. The molecule has 1 N–H and O–H groups in total. The number of nitrogens with zero attached hydrogens (tertiary/aromatic N) is 2. The smallest absolute Gasteiger partial charge is 0.277 e. The molecule has 0 atom stereocenters. The molecule has 1 aliphatic rings. The molecule has 1 heterocycles. The Bertz CT molecular complexity index is 634. The number of amides is 1. The minimum atomic E-state index is -0.273. The maximum absolute atomic E-state index is 12.2. The van der Waals surface area contributed by atoms with Crippen LogP contribution in [0.1, 0.15) is 41.0 Å². The first-order valence-corrected chi connectivity index (χ1v) is 7.31. The van der Waals surface area contributed by atoms with Gasteiger partial charge in [0.1, 0.15) is 0 Å². The highest BCUT2D eigenvalue weighted by atomic mass is 16.6. The molecule has 0 aliphatic heterocycles. The second-order valence-electron chi connectivity index (χ2n) is 5.22. The summed E-state index contributed by atoms with van der Waals surface area (Å²) in [6.45, 7) is 0. The Balaban J connectivity index is 2.10. The summed E-state index contributed by atoms with van der Waals surface area (Å²) in [5, 5.41) is 4.55. The number of hydroxylamine groups is 1. The molecule has 0 bridgehead atoms. The molecular weight excluding hydrogens is 266 g/mol. The molecule has 1 amide bonds. The summed E-state index contributed by atoms with van der Waals surface area (Å²) in [6, 6.07) is 9.96. The van der Waals surface area contributed by atoms with Gasteiger partial charge in [0.15, 0.2) is 5.69 Å². The normalized spacial score (nSPS) is 14.3. The molecule has 0 spiro atoms. The lowest BCUT2D eigenvalue weighted by Gasteiger charge is -2.06. The van der Waals surface area contributed by atoms with Crippen molar-refractivity contribution < 1.29 is 9.63 Å². The quantitative estimate of drug-likeness (QED) is 0.696. The fourth-order valence-corrected chi connectivity index (χ4v) is 2.88. The van der Waals surface area contributed by atoms with Crippen LogP contribution in [0.2, 0.25) is 0 Å². The van der Waals surface area contributed by atoms with Crippen molar-refractivity contribution in [2.24, 2.45) is 0 Å². The van der Waals surface area contributed by atoms with E-state index in [9.17, 15) is 4.79 Å². The Kier molecular flexibility index (Phi) is 4.01. The van der Waals surface area contributed by atoms with Crippen LogP contribution in [0, 0.1) is 0 Å². The van der Waals surface area contributed by atoms with Gasteiger partial charge in [-0.3, -0.25) is 9.63 Å². The molecule has 110 valence electrons. The van der Waals surface area contributed by atoms with Crippen molar-refractivity contribution in [1.29, 1.82) is 0 Å². The lowest BCUT2D eigenvalue weighted by Crippen LogP contribution is -2.23. The number of nitrogens with one attached hydrogen (secondary N) is 1. The summed E-state index contributed by atoms with van der Waals surface area (Å²) in [7, 11) is 1.44. The van der Waals surface area contributed by atoms with Crippen LogP contribution in [0.25, 0.3) is 5.69 Å². The van der Waals surface area contributed by atoms with Crippen molar-refractivity contribution in [3.63, 3.8) is 0 Å². The minimum absolute atomic E-state index is 0.273. The van der Waals surface area contributed by atoms with Gasteiger partial charge in [-0.15, -0.1) is 0 Å². The van der Waals surface area contributed by atoms with E-state index < -0.39 is 0 Å².